The molecule has 0 aliphatic carbocycles. The van der Waals surface area contributed by atoms with E-state index in [0.29, 0.717) is 6.04 Å². The highest BCUT2D eigenvalue weighted by molar-refractivity contribution is 5.77. The zero-order valence-corrected chi connectivity index (χ0v) is 9.99. The predicted molar refractivity (Wildman–Crippen MR) is 67.4 cm³/mol. The minimum atomic E-state index is 0.554. The Hall–Kier alpha value is -1.28. The fourth-order valence-electron chi connectivity index (χ4n) is 1.93. The summed E-state index contributed by atoms with van der Waals surface area (Å²) in [6, 6.07) is 10.8. The van der Waals surface area contributed by atoms with Gasteiger partial charge in [-0.25, -0.2) is 0 Å². The molecular formula is C14H19NO. The summed E-state index contributed by atoms with van der Waals surface area (Å²) in [5, 5.41) is 4.65. The van der Waals surface area contributed by atoms with Gasteiger partial charge in [-0.15, -0.1) is 0 Å². The number of benzene rings is 1. The van der Waals surface area contributed by atoms with Gasteiger partial charge in [0.2, 0.25) is 0 Å². The second-order valence-corrected chi connectivity index (χ2v) is 4.32. The third-order valence-electron chi connectivity index (χ3n) is 2.82. The highest BCUT2D eigenvalue weighted by Gasteiger charge is 2.04. The van der Waals surface area contributed by atoms with Gasteiger partial charge in [-0.3, -0.25) is 0 Å². The molecule has 1 aromatic heterocycles. The van der Waals surface area contributed by atoms with E-state index in [9.17, 15) is 0 Å². The van der Waals surface area contributed by atoms with Gasteiger partial charge < -0.3 is 9.73 Å². The average molecular weight is 217 g/mol. The van der Waals surface area contributed by atoms with Gasteiger partial charge in [0.15, 0.2) is 0 Å². The number of nitrogens with one attached hydrogen (secondary N) is 1. The van der Waals surface area contributed by atoms with Crippen LogP contribution in [0.5, 0.6) is 0 Å². The van der Waals surface area contributed by atoms with Crippen molar-refractivity contribution in [3.05, 3.63) is 36.1 Å². The van der Waals surface area contributed by atoms with Crippen LogP contribution in [-0.4, -0.2) is 6.04 Å². The Labute approximate surface area is 96.6 Å². The minimum Gasteiger partial charge on any atom is -0.460 e. The van der Waals surface area contributed by atoms with Crippen LogP contribution in [0.3, 0.4) is 0 Å². The maximum Gasteiger partial charge on any atom is 0.134 e. The van der Waals surface area contributed by atoms with Crippen molar-refractivity contribution in [3.63, 3.8) is 0 Å². The third kappa shape index (κ3) is 2.64. The van der Waals surface area contributed by atoms with Crippen LogP contribution in [0.1, 0.15) is 32.4 Å². The van der Waals surface area contributed by atoms with Crippen molar-refractivity contribution in [1.82, 2.24) is 5.32 Å². The molecule has 16 heavy (non-hydrogen) atoms. The molecule has 0 aliphatic heterocycles. The number of furan rings is 1. The Bertz CT molecular complexity index is 414. The van der Waals surface area contributed by atoms with Crippen molar-refractivity contribution in [2.75, 3.05) is 0 Å². The topological polar surface area (TPSA) is 25.2 Å². The molecule has 0 aliphatic rings. The van der Waals surface area contributed by atoms with E-state index in [1.165, 1.54) is 18.2 Å². The monoisotopic (exact) mass is 217 g/mol. The first kappa shape index (κ1) is 11.2. The second kappa shape index (κ2) is 5.17. The van der Waals surface area contributed by atoms with Crippen LogP contribution in [0.4, 0.5) is 0 Å². The summed E-state index contributed by atoms with van der Waals surface area (Å²) in [5.74, 6) is 1.02. The molecule has 0 fully saturated rings. The number of hydrogen-bond acceptors (Lipinski definition) is 2. The number of rotatable bonds is 5. The standard InChI is InChI=1S/C14H19NO/c1-3-6-11(2)15-10-13-9-12-7-4-5-8-14(12)16-13/h4-5,7-9,11,15H,3,6,10H2,1-2H3. The van der Waals surface area contributed by atoms with E-state index >= 15 is 0 Å². The lowest BCUT2D eigenvalue weighted by molar-refractivity contribution is 0.456. The summed E-state index contributed by atoms with van der Waals surface area (Å²) >= 11 is 0. The number of fused-ring (bicyclic) bond motifs is 1. The van der Waals surface area contributed by atoms with E-state index in [1.54, 1.807) is 0 Å². The lowest BCUT2D eigenvalue weighted by Gasteiger charge is -2.10. The zero-order chi connectivity index (χ0) is 11.4. The Morgan fingerprint density at radius 3 is 2.88 bits per heavy atom. The van der Waals surface area contributed by atoms with Crippen molar-refractivity contribution in [2.24, 2.45) is 0 Å². The lowest BCUT2D eigenvalue weighted by Crippen LogP contribution is -2.24. The largest absolute Gasteiger partial charge is 0.460 e. The molecule has 1 N–H and O–H groups in total. The van der Waals surface area contributed by atoms with Gasteiger partial charge in [-0.2, -0.15) is 0 Å². The van der Waals surface area contributed by atoms with Crippen LogP contribution in [0.2, 0.25) is 0 Å². The van der Waals surface area contributed by atoms with Crippen molar-refractivity contribution in [1.29, 1.82) is 0 Å². The molecular weight excluding hydrogens is 198 g/mol. The van der Waals surface area contributed by atoms with Crippen molar-refractivity contribution in [3.8, 4) is 0 Å². The molecule has 2 heteroatoms. The summed E-state index contributed by atoms with van der Waals surface area (Å²) in [7, 11) is 0. The van der Waals surface area contributed by atoms with Gasteiger partial charge in [0.05, 0.1) is 6.54 Å². The van der Waals surface area contributed by atoms with Crippen LogP contribution in [0, 0.1) is 0 Å². The van der Waals surface area contributed by atoms with Gasteiger partial charge in [0, 0.05) is 11.4 Å². The molecule has 2 rings (SSSR count). The minimum absolute atomic E-state index is 0.554. The fraction of sp³-hybridized carbons (Fsp3) is 0.429. The second-order valence-electron chi connectivity index (χ2n) is 4.32. The maximum atomic E-state index is 5.73. The molecule has 1 atom stereocenters. The molecule has 2 aromatic rings. The van der Waals surface area contributed by atoms with Gasteiger partial charge in [-0.1, -0.05) is 31.5 Å². The highest BCUT2D eigenvalue weighted by Crippen LogP contribution is 2.18. The van der Waals surface area contributed by atoms with E-state index in [1.807, 2.05) is 18.2 Å². The molecule has 0 bridgehead atoms. The zero-order valence-electron chi connectivity index (χ0n) is 9.99. The van der Waals surface area contributed by atoms with Gasteiger partial charge >= 0.3 is 0 Å². The molecule has 1 heterocycles. The Morgan fingerprint density at radius 2 is 2.12 bits per heavy atom. The van der Waals surface area contributed by atoms with Crippen LogP contribution in [0.15, 0.2) is 34.7 Å². The van der Waals surface area contributed by atoms with Gasteiger partial charge in [-0.05, 0) is 25.5 Å². The van der Waals surface area contributed by atoms with E-state index in [-0.39, 0.29) is 0 Å². The summed E-state index contributed by atoms with van der Waals surface area (Å²) < 4.78 is 5.73. The first-order chi connectivity index (χ1) is 7.79. The van der Waals surface area contributed by atoms with Crippen molar-refractivity contribution < 1.29 is 4.42 Å². The van der Waals surface area contributed by atoms with Crippen LogP contribution in [-0.2, 0) is 6.54 Å². The average Bonchev–Trinajstić information content (AvgIpc) is 2.69. The molecule has 0 saturated heterocycles. The van der Waals surface area contributed by atoms with E-state index in [0.717, 1.165) is 17.9 Å². The van der Waals surface area contributed by atoms with Crippen molar-refractivity contribution in [2.45, 2.75) is 39.3 Å². The molecule has 0 spiro atoms. The lowest BCUT2D eigenvalue weighted by atomic mass is 10.2. The third-order valence-corrected chi connectivity index (χ3v) is 2.82. The SMILES string of the molecule is CCCC(C)NCc1cc2ccccc2o1. The Kier molecular flexibility index (Phi) is 3.62. The smallest absolute Gasteiger partial charge is 0.134 e. The molecule has 1 unspecified atom stereocenters. The first-order valence-electron chi connectivity index (χ1n) is 6.00. The first-order valence-corrected chi connectivity index (χ1v) is 6.00. The Balaban J connectivity index is 1.99. The predicted octanol–water partition coefficient (Wildman–Crippen LogP) is 3.71. The summed E-state index contributed by atoms with van der Waals surface area (Å²) in [5.41, 5.74) is 0.974. The summed E-state index contributed by atoms with van der Waals surface area (Å²) in [4.78, 5) is 0. The van der Waals surface area contributed by atoms with Gasteiger partial charge in [0.25, 0.3) is 0 Å². The highest BCUT2D eigenvalue weighted by atomic mass is 16.3. The fourth-order valence-corrected chi connectivity index (χ4v) is 1.93. The molecule has 0 radical (unpaired) electrons. The van der Waals surface area contributed by atoms with E-state index in [4.69, 9.17) is 4.42 Å². The maximum absolute atomic E-state index is 5.73. The quantitative estimate of drug-likeness (QED) is 0.826. The van der Waals surface area contributed by atoms with E-state index < -0.39 is 0 Å². The van der Waals surface area contributed by atoms with E-state index in [2.05, 4.69) is 31.3 Å². The van der Waals surface area contributed by atoms with Crippen LogP contribution >= 0.6 is 0 Å². The number of hydrogen-bond donors (Lipinski definition) is 1. The summed E-state index contributed by atoms with van der Waals surface area (Å²) in [6.07, 6.45) is 2.43. The van der Waals surface area contributed by atoms with Crippen molar-refractivity contribution >= 4 is 11.0 Å². The molecule has 0 saturated carbocycles. The molecule has 0 amide bonds. The Morgan fingerprint density at radius 1 is 1.31 bits per heavy atom. The normalized spacial score (nSPS) is 13.1. The molecule has 1 aromatic carbocycles. The van der Waals surface area contributed by atoms with Crippen LogP contribution < -0.4 is 5.32 Å². The number of para-hydroxylation sites is 1. The van der Waals surface area contributed by atoms with Gasteiger partial charge in [0.1, 0.15) is 11.3 Å². The summed E-state index contributed by atoms with van der Waals surface area (Å²) in [6.45, 7) is 5.24. The molecule has 86 valence electrons. The molecule has 2 nitrogen and oxygen atoms in total. The van der Waals surface area contributed by atoms with Crippen LogP contribution in [0.25, 0.3) is 11.0 Å².